The molecule has 0 atom stereocenters. The minimum Gasteiger partial charge on any atom is -0.339 e. The Morgan fingerprint density at radius 1 is 0.929 bits per heavy atom. The number of anilines is 2. The molecular formula is C23H23N3OS. The first-order chi connectivity index (χ1) is 13.6. The lowest BCUT2D eigenvalue weighted by atomic mass is 10.0. The number of hydrogen-bond donors (Lipinski definition) is 0. The summed E-state index contributed by atoms with van der Waals surface area (Å²) in [6, 6.07) is 16.3. The molecule has 28 heavy (non-hydrogen) atoms. The fraction of sp³-hybridized carbons (Fsp3) is 0.217. The molecule has 2 aliphatic heterocycles. The maximum Gasteiger partial charge on any atom is 0.279 e. The fourth-order valence-corrected chi connectivity index (χ4v) is 4.24. The molecule has 1 amide bonds. The van der Waals surface area contributed by atoms with Gasteiger partial charge in [-0.15, -0.1) is 0 Å². The monoisotopic (exact) mass is 389 g/mol. The van der Waals surface area contributed by atoms with Crippen LogP contribution in [0, 0.1) is 6.92 Å². The third-order valence-electron chi connectivity index (χ3n) is 5.17. The van der Waals surface area contributed by atoms with E-state index in [2.05, 4.69) is 43.0 Å². The molecular weight excluding hydrogens is 366 g/mol. The number of allylic oxidation sites excluding steroid dienone is 1. The number of amides is 1. The highest BCUT2D eigenvalue weighted by Crippen LogP contribution is 2.37. The molecule has 1 fully saturated rings. The van der Waals surface area contributed by atoms with Crippen LogP contribution in [0.15, 0.2) is 66.0 Å². The van der Waals surface area contributed by atoms with Gasteiger partial charge in [0.15, 0.2) is 5.11 Å². The van der Waals surface area contributed by atoms with Gasteiger partial charge >= 0.3 is 0 Å². The number of aryl methyl sites for hydroxylation is 1. The van der Waals surface area contributed by atoms with Crippen molar-refractivity contribution in [2.24, 2.45) is 0 Å². The number of rotatable bonds is 3. The molecule has 2 heterocycles. The molecule has 2 aromatic rings. The summed E-state index contributed by atoms with van der Waals surface area (Å²) < 4.78 is 0. The molecule has 0 spiro atoms. The van der Waals surface area contributed by atoms with E-state index in [-0.39, 0.29) is 5.91 Å². The first-order valence-corrected chi connectivity index (χ1v) is 9.99. The quantitative estimate of drug-likeness (QED) is 0.561. The topological polar surface area (TPSA) is 26.8 Å². The summed E-state index contributed by atoms with van der Waals surface area (Å²) >= 11 is 5.69. The predicted molar refractivity (Wildman–Crippen MR) is 119 cm³/mol. The van der Waals surface area contributed by atoms with E-state index in [1.165, 1.54) is 5.56 Å². The van der Waals surface area contributed by atoms with E-state index >= 15 is 0 Å². The molecule has 0 radical (unpaired) electrons. The number of fused-ring (bicyclic) bond motifs is 1. The van der Waals surface area contributed by atoms with Crippen molar-refractivity contribution in [3.8, 4) is 0 Å². The number of para-hydroxylation sites is 1. The Labute approximate surface area is 171 Å². The van der Waals surface area contributed by atoms with Crippen LogP contribution in [0.5, 0.6) is 0 Å². The molecule has 0 aromatic heterocycles. The standard InChI is InChI=1S/C23H23N3OS/c1-4-24-19-13-11-16(3)15-17(19)12-14-20(24)21-22(27)25(5-2)23(28)26(21)18-9-7-6-8-10-18/h6-15H,4-5H2,1-3H3. The van der Waals surface area contributed by atoms with Crippen LogP contribution < -0.4 is 9.80 Å². The summed E-state index contributed by atoms with van der Waals surface area (Å²) in [7, 11) is 0. The molecule has 0 bridgehead atoms. The van der Waals surface area contributed by atoms with Gasteiger partial charge in [0.2, 0.25) is 0 Å². The van der Waals surface area contributed by atoms with E-state index in [4.69, 9.17) is 12.2 Å². The first-order valence-electron chi connectivity index (χ1n) is 9.58. The van der Waals surface area contributed by atoms with Crippen LogP contribution in [-0.2, 0) is 4.79 Å². The molecule has 0 saturated carbocycles. The van der Waals surface area contributed by atoms with E-state index < -0.39 is 0 Å². The van der Waals surface area contributed by atoms with E-state index in [0.29, 0.717) is 17.4 Å². The second-order valence-electron chi connectivity index (χ2n) is 6.88. The number of thiocarbonyl (C=S) groups is 1. The van der Waals surface area contributed by atoms with Gasteiger partial charge in [-0.25, -0.2) is 0 Å². The molecule has 4 rings (SSSR count). The van der Waals surface area contributed by atoms with Crippen LogP contribution in [0.25, 0.3) is 6.08 Å². The highest BCUT2D eigenvalue weighted by molar-refractivity contribution is 7.80. The van der Waals surface area contributed by atoms with E-state index in [1.54, 1.807) is 4.90 Å². The third kappa shape index (κ3) is 2.83. The van der Waals surface area contributed by atoms with Crippen molar-refractivity contribution < 1.29 is 4.79 Å². The Morgan fingerprint density at radius 3 is 2.32 bits per heavy atom. The molecule has 0 N–H and O–H groups in total. The summed E-state index contributed by atoms with van der Waals surface area (Å²) in [5, 5.41) is 0.528. The molecule has 1 saturated heterocycles. The maximum absolute atomic E-state index is 13.3. The van der Waals surface area contributed by atoms with Crippen LogP contribution in [0.2, 0.25) is 0 Å². The Bertz CT molecular complexity index is 1010. The van der Waals surface area contributed by atoms with Crippen molar-refractivity contribution in [1.29, 1.82) is 0 Å². The lowest BCUT2D eigenvalue weighted by Gasteiger charge is -2.32. The van der Waals surface area contributed by atoms with Gasteiger partial charge in [0.05, 0.1) is 5.70 Å². The summed E-state index contributed by atoms with van der Waals surface area (Å²) in [6.45, 7) is 7.45. The van der Waals surface area contributed by atoms with Gasteiger partial charge in [0.25, 0.3) is 5.91 Å². The summed E-state index contributed by atoms with van der Waals surface area (Å²) in [6.07, 6.45) is 4.13. The molecule has 5 heteroatoms. The van der Waals surface area contributed by atoms with Gasteiger partial charge in [0.1, 0.15) is 5.70 Å². The molecule has 4 nitrogen and oxygen atoms in total. The van der Waals surface area contributed by atoms with Gasteiger partial charge in [-0.3, -0.25) is 14.6 Å². The fourth-order valence-electron chi connectivity index (χ4n) is 3.84. The van der Waals surface area contributed by atoms with Crippen molar-refractivity contribution >= 4 is 40.7 Å². The van der Waals surface area contributed by atoms with Crippen molar-refractivity contribution in [1.82, 2.24) is 4.90 Å². The Kier molecular flexibility index (Phi) is 4.77. The number of likely N-dealkylation sites (N-methyl/N-ethyl adjacent to an activating group) is 2. The molecule has 0 aliphatic carbocycles. The highest BCUT2D eigenvalue weighted by atomic mass is 32.1. The lowest BCUT2D eigenvalue weighted by Crippen LogP contribution is -2.32. The molecule has 142 valence electrons. The zero-order valence-electron chi connectivity index (χ0n) is 16.3. The zero-order valence-corrected chi connectivity index (χ0v) is 17.2. The lowest BCUT2D eigenvalue weighted by molar-refractivity contribution is -0.122. The van der Waals surface area contributed by atoms with Crippen LogP contribution in [0.3, 0.4) is 0 Å². The van der Waals surface area contributed by atoms with Gasteiger partial charge < -0.3 is 4.90 Å². The number of benzene rings is 2. The van der Waals surface area contributed by atoms with E-state index in [9.17, 15) is 4.79 Å². The smallest absolute Gasteiger partial charge is 0.279 e. The summed E-state index contributed by atoms with van der Waals surface area (Å²) in [4.78, 5) is 19.1. The third-order valence-corrected chi connectivity index (χ3v) is 5.57. The SMILES string of the molecule is CCN1C(=O)C(=C2C=Cc3cc(C)ccc3N2CC)N(c2ccccc2)C1=S. The van der Waals surface area contributed by atoms with Crippen molar-refractivity contribution in [3.63, 3.8) is 0 Å². The second kappa shape index (κ2) is 7.24. The van der Waals surface area contributed by atoms with Crippen molar-refractivity contribution in [2.45, 2.75) is 20.8 Å². The molecule has 2 aromatic carbocycles. The highest BCUT2D eigenvalue weighted by Gasteiger charge is 2.41. The minimum absolute atomic E-state index is 0.0509. The van der Waals surface area contributed by atoms with Crippen LogP contribution >= 0.6 is 12.2 Å². The molecule has 2 aliphatic rings. The zero-order chi connectivity index (χ0) is 19.8. The van der Waals surface area contributed by atoms with Crippen molar-refractivity contribution in [3.05, 3.63) is 77.1 Å². The summed E-state index contributed by atoms with van der Waals surface area (Å²) in [5.74, 6) is -0.0509. The van der Waals surface area contributed by atoms with Gasteiger partial charge in [-0.05, 0) is 68.9 Å². The predicted octanol–water partition coefficient (Wildman–Crippen LogP) is 4.71. The van der Waals surface area contributed by atoms with Gasteiger partial charge in [0, 0.05) is 24.5 Å². The van der Waals surface area contributed by atoms with Crippen molar-refractivity contribution in [2.75, 3.05) is 22.9 Å². The van der Waals surface area contributed by atoms with E-state index in [1.807, 2.05) is 48.2 Å². The Balaban J connectivity index is 1.93. The number of nitrogens with zero attached hydrogens (tertiary/aromatic N) is 3. The largest absolute Gasteiger partial charge is 0.339 e. The number of hydrogen-bond acceptors (Lipinski definition) is 3. The maximum atomic E-state index is 13.3. The average Bonchev–Trinajstić information content (AvgIpc) is 2.97. The summed E-state index contributed by atoms with van der Waals surface area (Å²) in [5.41, 5.74) is 5.89. The minimum atomic E-state index is -0.0509. The van der Waals surface area contributed by atoms with Gasteiger partial charge in [-0.2, -0.15) is 0 Å². The van der Waals surface area contributed by atoms with Gasteiger partial charge in [-0.1, -0.05) is 35.9 Å². The van der Waals surface area contributed by atoms with Crippen LogP contribution in [0.4, 0.5) is 11.4 Å². The van der Waals surface area contributed by atoms with E-state index in [0.717, 1.165) is 29.2 Å². The van der Waals surface area contributed by atoms with Crippen LogP contribution in [0.1, 0.15) is 25.0 Å². The number of carbonyl (C=O) groups is 1. The Hall–Kier alpha value is -2.92. The molecule has 0 unspecified atom stereocenters. The van der Waals surface area contributed by atoms with Crippen LogP contribution in [-0.4, -0.2) is 29.0 Å². The second-order valence-corrected chi connectivity index (χ2v) is 7.24. The normalized spacial score (nSPS) is 18.9. The number of carbonyl (C=O) groups excluding carboxylic acids is 1. The average molecular weight is 390 g/mol. The Morgan fingerprint density at radius 2 is 1.64 bits per heavy atom. The first kappa shape index (κ1) is 18.4.